The fourth-order valence-corrected chi connectivity index (χ4v) is 2.68. The van der Waals surface area contributed by atoms with Crippen molar-refractivity contribution < 1.29 is 4.74 Å². The summed E-state index contributed by atoms with van der Waals surface area (Å²) in [5.41, 5.74) is 0.891. The van der Waals surface area contributed by atoms with Crippen LogP contribution < -0.4 is 5.32 Å². The third-order valence-electron chi connectivity index (χ3n) is 3.94. The molecule has 1 N–H and O–H groups in total. The van der Waals surface area contributed by atoms with Gasteiger partial charge in [0.15, 0.2) is 0 Å². The van der Waals surface area contributed by atoms with E-state index in [4.69, 9.17) is 9.72 Å². The summed E-state index contributed by atoms with van der Waals surface area (Å²) in [6, 6.07) is 2.55. The number of ether oxygens (including phenoxy) is 1. The fourth-order valence-electron chi connectivity index (χ4n) is 2.68. The van der Waals surface area contributed by atoms with Crippen LogP contribution in [-0.2, 0) is 16.8 Å². The standard InChI is InChI=1S/C16H27N3O/c1-11-7-6-8-13(11)18-14-9-12(10-20-5)17-15(19-14)16(2,3)4/h9,11,13H,6-8,10H2,1-5H3,(H,17,18,19). The molecule has 1 aromatic heterocycles. The molecule has 2 rings (SSSR count). The minimum absolute atomic E-state index is 0.0541. The predicted octanol–water partition coefficient (Wildman–Crippen LogP) is 3.52. The Morgan fingerprint density at radius 2 is 2.05 bits per heavy atom. The molecular formula is C16H27N3O. The minimum Gasteiger partial charge on any atom is -0.378 e. The molecule has 1 aromatic rings. The van der Waals surface area contributed by atoms with Crippen LogP contribution in [0.4, 0.5) is 5.82 Å². The van der Waals surface area contributed by atoms with Crippen molar-refractivity contribution in [3.05, 3.63) is 17.6 Å². The van der Waals surface area contributed by atoms with Crippen LogP contribution >= 0.6 is 0 Å². The molecule has 1 aliphatic rings. The van der Waals surface area contributed by atoms with Crippen molar-refractivity contribution in [1.82, 2.24) is 9.97 Å². The van der Waals surface area contributed by atoms with Gasteiger partial charge in [0.25, 0.3) is 0 Å². The van der Waals surface area contributed by atoms with Gasteiger partial charge in [-0.1, -0.05) is 34.1 Å². The number of anilines is 1. The van der Waals surface area contributed by atoms with E-state index in [1.54, 1.807) is 7.11 Å². The Hall–Kier alpha value is -1.16. The zero-order valence-corrected chi connectivity index (χ0v) is 13.4. The van der Waals surface area contributed by atoms with Gasteiger partial charge in [-0.15, -0.1) is 0 Å². The first kappa shape index (κ1) is 15.2. The first-order chi connectivity index (χ1) is 9.40. The number of rotatable bonds is 4. The van der Waals surface area contributed by atoms with Gasteiger partial charge in [0.1, 0.15) is 11.6 Å². The maximum atomic E-state index is 5.22. The monoisotopic (exact) mass is 277 g/mol. The van der Waals surface area contributed by atoms with Gasteiger partial charge in [-0.05, 0) is 18.8 Å². The summed E-state index contributed by atoms with van der Waals surface area (Å²) in [5.74, 6) is 2.53. The summed E-state index contributed by atoms with van der Waals surface area (Å²) in [7, 11) is 1.70. The van der Waals surface area contributed by atoms with Crippen molar-refractivity contribution in [2.75, 3.05) is 12.4 Å². The summed E-state index contributed by atoms with van der Waals surface area (Å²) in [6.45, 7) is 9.26. The molecule has 20 heavy (non-hydrogen) atoms. The van der Waals surface area contributed by atoms with E-state index in [0.717, 1.165) is 17.3 Å². The van der Waals surface area contributed by atoms with Crippen molar-refractivity contribution >= 4 is 5.82 Å². The van der Waals surface area contributed by atoms with Crippen molar-refractivity contribution in [2.24, 2.45) is 5.92 Å². The SMILES string of the molecule is COCc1cc(NC2CCCC2C)nc(C(C)(C)C)n1. The maximum absolute atomic E-state index is 5.22. The van der Waals surface area contributed by atoms with E-state index in [2.05, 4.69) is 38.0 Å². The zero-order valence-electron chi connectivity index (χ0n) is 13.4. The second-order valence-corrected chi connectivity index (χ2v) is 6.91. The molecule has 1 aliphatic carbocycles. The lowest BCUT2D eigenvalue weighted by Crippen LogP contribution is -2.24. The smallest absolute Gasteiger partial charge is 0.136 e. The van der Waals surface area contributed by atoms with E-state index >= 15 is 0 Å². The minimum atomic E-state index is -0.0541. The highest BCUT2D eigenvalue weighted by Gasteiger charge is 2.25. The van der Waals surface area contributed by atoms with Crippen LogP contribution in [0.2, 0.25) is 0 Å². The quantitative estimate of drug-likeness (QED) is 0.914. The highest BCUT2D eigenvalue weighted by Crippen LogP contribution is 2.28. The highest BCUT2D eigenvalue weighted by molar-refractivity contribution is 5.38. The van der Waals surface area contributed by atoms with Gasteiger partial charge in [-0.25, -0.2) is 9.97 Å². The summed E-state index contributed by atoms with van der Waals surface area (Å²) in [5, 5.41) is 3.60. The van der Waals surface area contributed by atoms with Gasteiger partial charge in [-0.3, -0.25) is 0 Å². The number of nitrogens with zero attached hydrogens (tertiary/aromatic N) is 2. The summed E-state index contributed by atoms with van der Waals surface area (Å²) in [4.78, 5) is 9.32. The number of nitrogens with one attached hydrogen (secondary N) is 1. The molecule has 4 nitrogen and oxygen atoms in total. The lowest BCUT2D eigenvalue weighted by atomic mass is 9.95. The predicted molar refractivity (Wildman–Crippen MR) is 81.9 cm³/mol. The average Bonchev–Trinajstić information content (AvgIpc) is 2.74. The van der Waals surface area contributed by atoms with E-state index in [1.807, 2.05) is 6.07 Å². The molecule has 1 heterocycles. The van der Waals surface area contributed by atoms with E-state index in [9.17, 15) is 0 Å². The molecule has 0 bridgehead atoms. The number of methoxy groups -OCH3 is 1. The average molecular weight is 277 g/mol. The molecular weight excluding hydrogens is 250 g/mol. The summed E-state index contributed by atoms with van der Waals surface area (Å²) in [6.07, 6.45) is 3.84. The van der Waals surface area contributed by atoms with Crippen molar-refractivity contribution in [1.29, 1.82) is 0 Å². The largest absolute Gasteiger partial charge is 0.378 e. The molecule has 1 saturated carbocycles. The van der Waals surface area contributed by atoms with Crippen LogP contribution in [0.1, 0.15) is 58.5 Å². The third kappa shape index (κ3) is 3.69. The van der Waals surface area contributed by atoms with Gasteiger partial charge in [0.2, 0.25) is 0 Å². The molecule has 0 amide bonds. The lowest BCUT2D eigenvalue weighted by Gasteiger charge is -2.22. The maximum Gasteiger partial charge on any atom is 0.136 e. The Morgan fingerprint density at radius 1 is 1.30 bits per heavy atom. The molecule has 112 valence electrons. The second kappa shape index (κ2) is 6.08. The van der Waals surface area contributed by atoms with Gasteiger partial charge >= 0.3 is 0 Å². The van der Waals surface area contributed by atoms with E-state index < -0.39 is 0 Å². The Balaban J connectivity index is 2.24. The molecule has 0 aliphatic heterocycles. The Labute approximate surface area is 122 Å². The molecule has 0 aromatic carbocycles. The Bertz CT molecular complexity index is 454. The fraction of sp³-hybridized carbons (Fsp3) is 0.750. The zero-order chi connectivity index (χ0) is 14.8. The molecule has 0 radical (unpaired) electrons. The molecule has 1 fully saturated rings. The molecule has 4 heteroatoms. The van der Waals surface area contributed by atoms with Crippen LogP contribution in [0.5, 0.6) is 0 Å². The summed E-state index contributed by atoms with van der Waals surface area (Å²) >= 11 is 0. The normalized spacial score (nSPS) is 23.1. The molecule has 2 atom stereocenters. The molecule has 0 saturated heterocycles. The lowest BCUT2D eigenvalue weighted by molar-refractivity contribution is 0.181. The van der Waals surface area contributed by atoms with Gasteiger partial charge < -0.3 is 10.1 Å². The molecule has 0 spiro atoms. The van der Waals surface area contributed by atoms with Crippen LogP contribution in [0, 0.1) is 5.92 Å². The van der Waals surface area contributed by atoms with Gasteiger partial charge in [0.05, 0.1) is 12.3 Å². The van der Waals surface area contributed by atoms with Crippen molar-refractivity contribution in [3.63, 3.8) is 0 Å². The topological polar surface area (TPSA) is 47.0 Å². The van der Waals surface area contributed by atoms with Crippen molar-refractivity contribution in [2.45, 2.75) is 65.0 Å². The number of hydrogen-bond donors (Lipinski definition) is 1. The van der Waals surface area contributed by atoms with Crippen LogP contribution in [-0.4, -0.2) is 23.1 Å². The number of hydrogen-bond acceptors (Lipinski definition) is 4. The Morgan fingerprint density at radius 3 is 2.60 bits per heavy atom. The van der Waals surface area contributed by atoms with Crippen LogP contribution in [0.25, 0.3) is 0 Å². The first-order valence-electron chi connectivity index (χ1n) is 7.54. The Kier molecular flexibility index (Phi) is 4.63. The van der Waals surface area contributed by atoms with E-state index in [-0.39, 0.29) is 5.41 Å². The molecule has 2 unspecified atom stereocenters. The highest BCUT2D eigenvalue weighted by atomic mass is 16.5. The third-order valence-corrected chi connectivity index (χ3v) is 3.94. The first-order valence-corrected chi connectivity index (χ1v) is 7.54. The second-order valence-electron chi connectivity index (χ2n) is 6.91. The van der Waals surface area contributed by atoms with Gasteiger partial charge in [0, 0.05) is 24.6 Å². The van der Waals surface area contributed by atoms with Crippen LogP contribution in [0.3, 0.4) is 0 Å². The van der Waals surface area contributed by atoms with Gasteiger partial charge in [-0.2, -0.15) is 0 Å². The van der Waals surface area contributed by atoms with E-state index in [1.165, 1.54) is 19.3 Å². The summed E-state index contributed by atoms with van der Waals surface area (Å²) < 4.78 is 5.22. The number of aromatic nitrogens is 2. The van der Waals surface area contributed by atoms with Crippen molar-refractivity contribution in [3.8, 4) is 0 Å². The van der Waals surface area contributed by atoms with E-state index in [0.29, 0.717) is 18.6 Å². The van der Waals surface area contributed by atoms with Crippen LogP contribution in [0.15, 0.2) is 6.07 Å².